The molecule has 1 aromatic carbocycles. The first kappa shape index (κ1) is 17.6. The lowest BCUT2D eigenvalue weighted by atomic mass is 10.1. The van der Waals surface area contributed by atoms with Gasteiger partial charge in [0.05, 0.1) is 33.3 Å². The average Bonchev–Trinajstić information content (AvgIpc) is 2.54. The van der Waals surface area contributed by atoms with E-state index in [0.29, 0.717) is 25.5 Å². The SMILES string of the molecule is COc1cccc(OC(C)(C)CNC(=O)CC2OCCCO2)c1. The summed E-state index contributed by atoms with van der Waals surface area (Å²) in [6, 6.07) is 7.38. The van der Waals surface area contributed by atoms with Crippen LogP contribution in [0.3, 0.4) is 0 Å². The second kappa shape index (κ2) is 8.17. The molecule has 1 aliphatic heterocycles. The second-order valence-electron chi connectivity index (χ2n) is 6.05. The third-order valence-electron chi connectivity index (χ3n) is 3.39. The van der Waals surface area contributed by atoms with Crippen molar-refractivity contribution in [1.82, 2.24) is 5.32 Å². The maximum atomic E-state index is 12.0. The van der Waals surface area contributed by atoms with Crippen molar-refractivity contribution < 1.29 is 23.7 Å². The van der Waals surface area contributed by atoms with Crippen LogP contribution in [0, 0.1) is 0 Å². The fraction of sp³-hybridized carbons (Fsp3) is 0.588. The first-order valence-corrected chi connectivity index (χ1v) is 7.81. The Morgan fingerprint density at radius 3 is 2.70 bits per heavy atom. The van der Waals surface area contributed by atoms with Gasteiger partial charge < -0.3 is 24.3 Å². The van der Waals surface area contributed by atoms with Crippen LogP contribution in [0.15, 0.2) is 24.3 Å². The Hall–Kier alpha value is -1.79. The van der Waals surface area contributed by atoms with Gasteiger partial charge in [-0.2, -0.15) is 0 Å². The van der Waals surface area contributed by atoms with Crippen LogP contribution >= 0.6 is 0 Å². The van der Waals surface area contributed by atoms with Crippen molar-refractivity contribution in [3.05, 3.63) is 24.3 Å². The van der Waals surface area contributed by atoms with Gasteiger partial charge in [-0.15, -0.1) is 0 Å². The number of hydrogen-bond donors (Lipinski definition) is 1. The predicted octanol–water partition coefficient (Wildman–Crippen LogP) is 2.12. The molecule has 1 aliphatic rings. The van der Waals surface area contributed by atoms with Gasteiger partial charge >= 0.3 is 0 Å². The molecule has 2 rings (SSSR count). The van der Waals surface area contributed by atoms with E-state index in [4.69, 9.17) is 18.9 Å². The van der Waals surface area contributed by atoms with Gasteiger partial charge in [-0.3, -0.25) is 4.79 Å². The van der Waals surface area contributed by atoms with Crippen molar-refractivity contribution in [1.29, 1.82) is 0 Å². The molecule has 0 radical (unpaired) electrons. The lowest BCUT2D eigenvalue weighted by Gasteiger charge is -2.28. The summed E-state index contributed by atoms with van der Waals surface area (Å²) in [5, 5.41) is 2.86. The molecule has 23 heavy (non-hydrogen) atoms. The number of carbonyl (C=O) groups excluding carboxylic acids is 1. The predicted molar refractivity (Wildman–Crippen MR) is 85.6 cm³/mol. The number of rotatable bonds is 7. The summed E-state index contributed by atoms with van der Waals surface area (Å²) in [6.07, 6.45) is 0.639. The van der Waals surface area contributed by atoms with Crippen LogP contribution in [-0.2, 0) is 14.3 Å². The van der Waals surface area contributed by atoms with E-state index in [-0.39, 0.29) is 12.3 Å². The first-order chi connectivity index (χ1) is 11.0. The monoisotopic (exact) mass is 323 g/mol. The van der Waals surface area contributed by atoms with Crippen molar-refractivity contribution in [3.8, 4) is 11.5 Å². The van der Waals surface area contributed by atoms with Crippen LogP contribution < -0.4 is 14.8 Å². The Bertz CT molecular complexity index is 511. The maximum Gasteiger partial charge on any atom is 0.225 e. The summed E-state index contributed by atoms with van der Waals surface area (Å²) in [4.78, 5) is 12.0. The Labute approximate surface area is 137 Å². The molecule has 0 spiro atoms. The minimum absolute atomic E-state index is 0.112. The molecule has 1 N–H and O–H groups in total. The molecule has 0 unspecified atom stereocenters. The van der Waals surface area contributed by atoms with Crippen molar-refractivity contribution in [2.24, 2.45) is 0 Å². The van der Waals surface area contributed by atoms with Crippen LogP contribution in [-0.4, -0.2) is 44.7 Å². The fourth-order valence-electron chi connectivity index (χ4n) is 2.21. The number of hydrogen-bond acceptors (Lipinski definition) is 5. The van der Waals surface area contributed by atoms with Crippen molar-refractivity contribution >= 4 is 5.91 Å². The molecule has 0 aromatic heterocycles. The van der Waals surface area contributed by atoms with E-state index in [1.807, 2.05) is 38.1 Å². The van der Waals surface area contributed by atoms with Crippen molar-refractivity contribution in [2.45, 2.75) is 38.6 Å². The summed E-state index contributed by atoms with van der Waals surface area (Å²) in [7, 11) is 1.61. The molecule has 0 bridgehead atoms. The molecular weight excluding hydrogens is 298 g/mol. The molecule has 1 fully saturated rings. The zero-order chi connectivity index (χ0) is 16.7. The number of ether oxygens (including phenoxy) is 4. The van der Waals surface area contributed by atoms with Gasteiger partial charge in [0.1, 0.15) is 17.1 Å². The average molecular weight is 323 g/mol. The number of carbonyl (C=O) groups is 1. The quantitative estimate of drug-likeness (QED) is 0.832. The molecule has 0 aliphatic carbocycles. The van der Waals surface area contributed by atoms with Gasteiger partial charge in [0.15, 0.2) is 6.29 Å². The van der Waals surface area contributed by atoms with Gasteiger partial charge in [0.2, 0.25) is 5.91 Å². The zero-order valence-corrected chi connectivity index (χ0v) is 14.0. The van der Waals surface area contributed by atoms with Crippen LogP contribution in [0.25, 0.3) is 0 Å². The highest BCUT2D eigenvalue weighted by Crippen LogP contribution is 2.23. The van der Waals surface area contributed by atoms with Crippen LogP contribution in [0.5, 0.6) is 11.5 Å². The Morgan fingerprint density at radius 2 is 2.00 bits per heavy atom. The van der Waals surface area contributed by atoms with Gasteiger partial charge in [-0.1, -0.05) is 6.07 Å². The van der Waals surface area contributed by atoms with Gasteiger partial charge in [-0.05, 0) is 32.4 Å². The molecular formula is C17H25NO5. The molecule has 1 heterocycles. The van der Waals surface area contributed by atoms with E-state index in [1.54, 1.807) is 7.11 Å². The standard InChI is InChI=1S/C17H25NO5/c1-17(2,23-14-7-4-6-13(10-14)20-3)12-18-15(19)11-16-21-8-5-9-22-16/h4,6-7,10,16H,5,8-9,11-12H2,1-3H3,(H,18,19). The van der Waals surface area contributed by atoms with Gasteiger partial charge in [-0.25, -0.2) is 0 Å². The Morgan fingerprint density at radius 1 is 1.30 bits per heavy atom. The Balaban J connectivity index is 1.79. The molecule has 1 amide bonds. The minimum atomic E-state index is -0.545. The summed E-state index contributed by atoms with van der Waals surface area (Å²) < 4.78 is 21.8. The molecule has 1 aromatic rings. The summed E-state index contributed by atoms with van der Waals surface area (Å²) in [5.41, 5.74) is -0.545. The van der Waals surface area contributed by atoms with Gasteiger partial charge in [0, 0.05) is 6.07 Å². The highest BCUT2D eigenvalue weighted by molar-refractivity contribution is 5.76. The van der Waals surface area contributed by atoms with E-state index in [1.165, 1.54) is 0 Å². The third-order valence-corrected chi connectivity index (χ3v) is 3.39. The summed E-state index contributed by atoms with van der Waals surface area (Å²) >= 11 is 0. The number of amides is 1. The maximum absolute atomic E-state index is 12.0. The molecule has 6 heteroatoms. The Kier molecular flexibility index (Phi) is 6.24. The third kappa shape index (κ3) is 6.08. The van der Waals surface area contributed by atoms with E-state index >= 15 is 0 Å². The van der Waals surface area contributed by atoms with E-state index in [9.17, 15) is 4.79 Å². The number of nitrogens with one attached hydrogen (secondary N) is 1. The molecule has 0 saturated carbocycles. The molecule has 128 valence electrons. The first-order valence-electron chi connectivity index (χ1n) is 7.81. The van der Waals surface area contributed by atoms with Crippen LogP contribution in [0.1, 0.15) is 26.7 Å². The topological polar surface area (TPSA) is 66.0 Å². The van der Waals surface area contributed by atoms with Crippen molar-refractivity contribution in [2.75, 3.05) is 26.9 Å². The lowest BCUT2D eigenvalue weighted by Crippen LogP contribution is -2.44. The smallest absolute Gasteiger partial charge is 0.225 e. The highest BCUT2D eigenvalue weighted by Gasteiger charge is 2.23. The minimum Gasteiger partial charge on any atom is -0.497 e. The fourth-order valence-corrected chi connectivity index (χ4v) is 2.21. The van der Waals surface area contributed by atoms with Crippen molar-refractivity contribution in [3.63, 3.8) is 0 Å². The molecule has 6 nitrogen and oxygen atoms in total. The van der Waals surface area contributed by atoms with E-state index in [0.717, 1.165) is 12.2 Å². The second-order valence-corrected chi connectivity index (χ2v) is 6.05. The van der Waals surface area contributed by atoms with Gasteiger partial charge in [0.25, 0.3) is 0 Å². The van der Waals surface area contributed by atoms with Crippen LogP contribution in [0.2, 0.25) is 0 Å². The van der Waals surface area contributed by atoms with E-state index in [2.05, 4.69) is 5.32 Å². The summed E-state index contributed by atoms with van der Waals surface area (Å²) in [5.74, 6) is 1.32. The van der Waals surface area contributed by atoms with E-state index < -0.39 is 11.9 Å². The molecule has 1 saturated heterocycles. The molecule has 0 atom stereocenters. The zero-order valence-electron chi connectivity index (χ0n) is 14.0. The van der Waals surface area contributed by atoms with Crippen LogP contribution in [0.4, 0.5) is 0 Å². The summed E-state index contributed by atoms with van der Waals surface area (Å²) in [6.45, 7) is 5.50. The normalized spacial score (nSPS) is 16.0. The lowest BCUT2D eigenvalue weighted by molar-refractivity contribution is -0.184. The number of benzene rings is 1. The largest absolute Gasteiger partial charge is 0.497 e. The number of methoxy groups -OCH3 is 1. The highest BCUT2D eigenvalue weighted by atomic mass is 16.7.